The van der Waals surface area contributed by atoms with Crippen molar-refractivity contribution in [1.82, 2.24) is 9.88 Å². The van der Waals surface area contributed by atoms with E-state index in [1.54, 1.807) is 0 Å². The Morgan fingerprint density at radius 3 is 2.65 bits per heavy atom. The lowest BCUT2D eigenvalue weighted by Gasteiger charge is -2.23. The maximum atomic E-state index is 12.9. The number of benzene rings is 1. The van der Waals surface area contributed by atoms with Crippen LogP contribution < -0.4 is 0 Å². The van der Waals surface area contributed by atoms with Gasteiger partial charge in [0.15, 0.2) is 0 Å². The number of likely N-dealkylation sites (tertiary alicyclic amines) is 1. The van der Waals surface area contributed by atoms with Gasteiger partial charge in [-0.3, -0.25) is 9.78 Å². The molecule has 2 heterocycles. The quantitative estimate of drug-likeness (QED) is 0.822. The fourth-order valence-corrected chi connectivity index (χ4v) is 4.20. The number of fused-ring (bicyclic) bond motifs is 1. The van der Waals surface area contributed by atoms with Gasteiger partial charge in [-0.05, 0) is 37.0 Å². The highest BCUT2D eigenvalue weighted by Crippen LogP contribution is 2.27. The van der Waals surface area contributed by atoms with Gasteiger partial charge in [0.05, 0.1) is 11.6 Å². The van der Waals surface area contributed by atoms with Crippen molar-refractivity contribution >= 4 is 16.8 Å². The zero-order chi connectivity index (χ0) is 18.5. The number of nitrogens with zero attached hydrogens (tertiary/aromatic N) is 2. The molecular formula is C22H30N2O2. The Kier molecular flexibility index (Phi) is 6.25. The molecule has 0 radical (unpaired) electrons. The first kappa shape index (κ1) is 18.8. The summed E-state index contributed by atoms with van der Waals surface area (Å²) in [4.78, 5) is 19.2. The zero-order valence-electron chi connectivity index (χ0n) is 15.9. The van der Waals surface area contributed by atoms with Crippen LogP contribution in [0.5, 0.6) is 0 Å². The van der Waals surface area contributed by atoms with E-state index >= 15 is 0 Å². The van der Waals surface area contributed by atoms with Gasteiger partial charge in [0.2, 0.25) is 5.91 Å². The Bertz CT molecular complexity index is 735. The lowest BCUT2D eigenvalue weighted by Crippen LogP contribution is -2.35. The Hall–Kier alpha value is -1.94. The van der Waals surface area contributed by atoms with Gasteiger partial charge < -0.3 is 10.0 Å². The van der Waals surface area contributed by atoms with E-state index in [1.165, 1.54) is 5.56 Å². The number of para-hydroxylation sites is 1. The minimum absolute atomic E-state index is 0.0914. The third-order valence-electron chi connectivity index (χ3n) is 5.56. The Morgan fingerprint density at radius 2 is 1.92 bits per heavy atom. The van der Waals surface area contributed by atoms with Gasteiger partial charge in [0.1, 0.15) is 0 Å². The minimum Gasteiger partial charge on any atom is -0.391 e. The fourth-order valence-electron chi connectivity index (χ4n) is 4.20. The van der Waals surface area contributed by atoms with Gasteiger partial charge in [-0.2, -0.15) is 0 Å². The normalized spacial score (nSPS) is 20.2. The molecule has 1 aromatic heterocycles. The number of carbonyl (C=O) groups excluding carboxylic acids is 1. The number of carbonyl (C=O) groups is 1. The summed E-state index contributed by atoms with van der Waals surface area (Å²) in [6.45, 7) is 5.38. The molecule has 4 nitrogen and oxygen atoms in total. The molecular weight excluding hydrogens is 324 g/mol. The summed E-state index contributed by atoms with van der Waals surface area (Å²) in [6, 6.07) is 10.1. The number of aliphatic hydroxyl groups excluding tert-OH is 1. The van der Waals surface area contributed by atoms with Crippen molar-refractivity contribution in [1.29, 1.82) is 0 Å². The summed E-state index contributed by atoms with van der Waals surface area (Å²) in [7, 11) is 0. The highest BCUT2D eigenvalue weighted by Gasteiger charge is 2.36. The number of aromatic nitrogens is 1. The molecule has 2 atom stereocenters. The number of amides is 1. The number of hydrogen-bond acceptors (Lipinski definition) is 3. The molecule has 1 saturated heterocycles. The van der Waals surface area contributed by atoms with E-state index in [1.807, 2.05) is 35.4 Å². The molecule has 26 heavy (non-hydrogen) atoms. The van der Waals surface area contributed by atoms with Crippen LogP contribution in [0.4, 0.5) is 0 Å². The monoisotopic (exact) mass is 354 g/mol. The van der Waals surface area contributed by atoms with E-state index in [4.69, 9.17) is 0 Å². The first-order valence-electron chi connectivity index (χ1n) is 9.93. The molecule has 4 heteroatoms. The number of hydrogen-bond donors (Lipinski definition) is 1. The summed E-state index contributed by atoms with van der Waals surface area (Å²) >= 11 is 0. The summed E-state index contributed by atoms with van der Waals surface area (Å²) in [5.41, 5.74) is 2.18. The third-order valence-corrected chi connectivity index (χ3v) is 5.56. The lowest BCUT2D eigenvalue weighted by molar-refractivity contribution is -0.135. The molecule has 1 aromatic carbocycles. The van der Waals surface area contributed by atoms with Crippen molar-refractivity contribution in [2.45, 2.75) is 52.1 Å². The third kappa shape index (κ3) is 4.07. The average Bonchev–Trinajstić information content (AvgIpc) is 3.02. The summed E-state index contributed by atoms with van der Waals surface area (Å²) in [6.07, 6.45) is 6.10. The van der Waals surface area contributed by atoms with E-state index in [2.05, 4.69) is 24.9 Å². The van der Waals surface area contributed by atoms with Crippen molar-refractivity contribution in [3.63, 3.8) is 0 Å². The number of rotatable bonds is 7. The van der Waals surface area contributed by atoms with Crippen molar-refractivity contribution in [3.8, 4) is 0 Å². The molecule has 0 saturated carbocycles. The molecule has 1 amide bonds. The van der Waals surface area contributed by atoms with Gasteiger partial charge in [-0.15, -0.1) is 0 Å². The van der Waals surface area contributed by atoms with Crippen LogP contribution in [0.1, 0.15) is 45.1 Å². The van der Waals surface area contributed by atoms with Crippen LogP contribution in [-0.2, 0) is 11.2 Å². The molecule has 1 N–H and O–H groups in total. The van der Waals surface area contributed by atoms with Crippen LogP contribution in [0.15, 0.2) is 36.5 Å². The van der Waals surface area contributed by atoms with Crippen molar-refractivity contribution in [2.75, 3.05) is 13.1 Å². The highest BCUT2D eigenvalue weighted by atomic mass is 16.3. The van der Waals surface area contributed by atoms with Crippen LogP contribution in [-0.4, -0.2) is 40.1 Å². The smallest absolute Gasteiger partial charge is 0.225 e. The van der Waals surface area contributed by atoms with Gasteiger partial charge in [0.25, 0.3) is 0 Å². The van der Waals surface area contributed by atoms with Gasteiger partial charge in [0, 0.05) is 36.5 Å². The van der Waals surface area contributed by atoms with Crippen LogP contribution in [0.2, 0.25) is 0 Å². The molecule has 0 bridgehead atoms. The van der Waals surface area contributed by atoms with Crippen LogP contribution in [0, 0.1) is 11.8 Å². The van der Waals surface area contributed by atoms with E-state index in [-0.39, 0.29) is 17.7 Å². The Balaban J connectivity index is 1.71. The average molecular weight is 354 g/mol. The number of pyridine rings is 1. The van der Waals surface area contributed by atoms with E-state index in [0.717, 1.165) is 43.0 Å². The fraction of sp³-hybridized carbons (Fsp3) is 0.545. The molecule has 0 aliphatic carbocycles. The maximum Gasteiger partial charge on any atom is 0.225 e. The molecule has 2 aromatic rings. The second kappa shape index (κ2) is 8.63. The lowest BCUT2D eigenvalue weighted by atomic mass is 9.94. The maximum absolute atomic E-state index is 12.9. The number of aliphatic hydroxyl groups is 1. The van der Waals surface area contributed by atoms with Crippen molar-refractivity contribution in [2.24, 2.45) is 11.8 Å². The molecule has 2 unspecified atom stereocenters. The molecule has 0 spiro atoms. The van der Waals surface area contributed by atoms with Crippen molar-refractivity contribution in [3.05, 3.63) is 42.1 Å². The second-order valence-electron chi connectivity index (χ2n) is 7.54. The minimum atomic E-state index is -0.449. The molecule has 140 valence electrons. The van der Waals surface area contributed by atoms with Crippen LogP contribution in [0.3, 0.4) is 0 Å². The van der Waals surface area contributed by atoms with Gasteiger partial charge in [-0.25, -0.2) is 0 Å². The molecule has 1 fully saturated rings. The summed E-state index contributed by atoms with van der Waals surface area (Å²) in [5.74, 6) is 0.432. The Morgan fingerprint density at radius 1 is 1.19 bits per heavy atom. The second-order valence-corrected chi connectivity index (χ2v) is 7.54. The van der Waals surface area contributed by atoms with Crippen LogP contribution >= 0.6 is 0 Å². The molecule has 1 aliphatic heterocycles. The van der Waals surface area contributed by atoms with Gasteiger partial charge >= 0.3 is 0 Å². The van der Waals surface area contributed by atoms with E-state index < -0.39 is 6.10 Å². The summed E-state index contributed by atoms with van der Waals surface area (Å²) < 4.78 is 0. The Labute approximate surface area is 156 Å². The zero-order valence-corrected chi connectivity index (χ0v) is 15.9. The predicted molar refractivity (Wildman–Crippen MR) is 105 cm³/mol. The first-order chi connectivity index (χ1) is 12.6. The van der Waals surface area contributed by atoms with E-state index in [9.17, 15) is 9.90 Å². The topological polar surface area (TPSA) is 53.4 Å². The predicted octanol–water partition coefficient (Wildman–Crippen LogP) is 3.81. The standard InChI is InChI=1S/C22H30N2O2/c1-3-7-16(8-4-2)22(26)24-14-18(21(25)15-24)13-17-11-12-23-20-10-6-5-9-19(17)20/h5-6,9-12,16,18,21,25H,3-4,7-8,13-15H2,1-2H3. The molecule has 3 rings (SSSR count). The van der Waals surface area contributed by atoms with Crippen molar-refractivity contribution < 1.29 is 9.90 Å². The summed E-state index contributed by atoms with van der Waals surface area (Å²) in [5, 5.41) is 11.7. The van der Waals surface area contributed by atoms with Crippen LogP contribution in [0.25, 0.3) is 10.9 Å². The van der Waals surface area contributed by atoms with E-state index in [0.29, 0.717) is 13.1 Å². The molecule has 1 aliphatic rings. The number of β-amino-alcohol motifs (C(OH)–C–C–N with tert-alkyl or cyclic N) is 1. The largest absolute Gasteiger partial charge is 0.391 e. The SMILES string of the molecule is CCCC(CCC)C(=O)N1CC(O)C(Cc2ccnc3ccccc23)C1. The van der Waals surface area contributed by atoms with Gasteiger partial charge in [-0.1, -0.05) is 44.9 Å². The highest BCUT2D eigenvalue weighted by molar-refractivity contribution is 5.82. The first-order valence-corrected chi connectivity index (χ1v) is 9.93.